The molecule has 1 N–H and O–H groups in total. The van der Waals surface area contributed by atoms with Crippen molar-refractivity contribution in [1.29, 1.82) is 0 Å². The molecule has 1 amide bonds. The number of amides is 1. The molecule has 2 aromatic carbocycles. The quantitative estimate of drug-likeness (QED) is 0.427. The van der Waals surface area contributed by atoms with Gasteiger partial charge in [-0.2, -0.15) is 9.61 Å². The Morgan fingerprint density at radius 1 is 1.12 bits per heavy atom. The molecule has 3 heterocycles. The molecule has 0 radical (unpaired) electrons. The summed E-state index contributed by atoms with van der Waals surface area (Å²) in [7, 11) is 0. The summed E-state index contributed by atoms with van der Waals surface area (Å²) < 4.78 is 12.5. The fraction of sp³-hybridized carbons (Fsp3) is 0.0870. The summed E-state index contributed by atoms with van der Waals surface area (Å²) in [6.45, 7) is 2.27. The van der Waals surface area contributed by atoms with Gasteiger partial charge in [-0.25, -0.2) is 4.79 Å². The highest BCUT2D eigenvalue weighted by Gasteiger charge is 2.16. The summed E-state index contributed by atoms with van der Waals surface area (Å²) in [5, 5.41) is 15.5. The van der Waals surface area contributed by atoms with Crippen LogP contribution in [0.3, 0.4) is 0 Å². The number of hydrogen-bond donors (Lipinski definition) is 1. The van der Waals surface area contributed by atoms with Crippen LogP contribution in [0.4, 0.5) is 5.69 Å². The third-order valence-corrected chi connectivity index (χ3v) is 4.87. The van der Waals surface area contributed by atoms with Crippen molar-refractivity contribution in [2.45, 2.75) is 6.92 Å². The first-order chi connectivity index (χ1) is 15.6. The Hall–Kier alpha value is -4.53. The summed E-state index contributed by atoms with van der Waals surface area (Å²) in [5.41, 5.74) is 2.27. The van der Waals surface area contributed by atoms with E-state index in [1.807, 2.05) is 31.2 Å². The number of nitrogens with zero attached hydrogens (tertiary/aromatic N) is 4. The Morgan fingerprint density at radius 2 is 1.97 bits per heavy atom. The number of fused-ring (bicyclic) bond motifs is 2. The van der Waals surface area contributed by atoms with Gasteiger partial charge in [0.25, 0.3) is 5.91 Å². The second-order valence-corrected chi connectivity index (χ2v) is 6.94. The van der Waals surface area contributed by atoms with Crippen LogP contribution in [0, 0.1) is 0 Å². The van der Waals surface area contributed by atoms with E-state index in [0.717, 1.165) is 11.3 Å². The fourth-order valence-corrected chi connectivity index (χ4v) is 3.35. The van der Waals surface area contributed by atoms with Crippen molar-refractivity contribution in [1.82, 2.24) is 19.8 Å². The van der Waals surface area contributed by atoms with Gasteiger partial charge >= 0.3 is 5.63 Å². The molecule has 5 aromatic rings. The predicted octanol–water partition coefficient (Wildman–Crippen LogP) is 3.55. The molecule has 5 rings (SSSR count). The van der Waals surface area contributed by atoms with Gasteiger partial charge in [-0.3, -0.25) is 4.79 Å². The smallest absolute Gasteiger partial charge is 0.349 e. The number of aromatic nitrogens is 4. The van der Waals surface area contributed by atoms with Crippen molar-refractivity contribution < 1.29 is 13.9 Å². The average molecular weight is 427 g/mol. The van der Waals surface area contributed by atoms with Gasteiger partial charge in [0.15, 0.2) is 17.0 Å². The molecule has 0 aliphatic carbocycles. The standard InChI is InChI=1S/C23H17N5O4/c1-2-31-19-5-3-4-15-12-17(23(30)32-21(15)19)22(29)25-16-8-6-14(7-9-16)18-10-11-20-26-24-13-28(20)27-18/h3-13H,2H2,1H3,(H,25,29). The van der Waals surface area contributed by atoms with Crippen LogP contribution in [-0.4, -0.2) is 32.3 Å². The largest absolute Gasteiger partial charge is 0.490 e. The minimum absolute atomic E-state index is 0.0880. The first-order valence-electron chi connectivity index (χ1n) is 9.91. The number of carbonyl (C=O) groups excluding carboxylic acids is 1. The van der Waals surface area contributed by atoms with Crippen LogP contribution < -0.4 is 15.7 Å². The van der Waals surface area contributed by atoms with Crippen LogP contribution in [0.15, 0.2) is 76.2 Å². The highest BCUT2D eigenvalue weighted by Crippen LogP contribution is 2.25. The van der Waals surface area contributed by atoms with Crippen molar-refractivity contribution in [3.05, 3.63) is 83.0 Å². The van der Waals surface area contributed by atoms with E-state index in [1.54, 1.807) is 34.8 Å². The molecule has 0 atom stereocenters. The molecule has 0 saturated heterocycles. The minimum atomic E-state index is -0.731. The summed E-state index contributed by atoms with van der Waals surface area (Å²) in [5.74, 6) is -0.0952. The Morgan fingerprint density at radius 3 is 2.78 bits per heavy atom. The Bertz CT molecular complexity index is 1500. The van der Waals surface area contributed by atoms with Crippen LogP contribution in [0.5, 0.6) is 5.75 Å². The summed E-state index contributed by atoms with van der Waals surface area (Å²) in [6, 6.07) is 17.5. The maximum atomic E-state index is 12.7. The van der Waals surface area contributed by atoms with Crippen molar-refractivity contribution in [2.75, 3.05) is 11.9 Å². The van der Waals surface area contributed by atoms with Gasteiger partial charge in [-0.05, 0) is 43.3 Å². The first kappa shape index (κ1) is 19.4. The second kappa shape index (κ2) is 7.95. The topological polar surface area (TPSA) is 112 Å². The summed E-state index contributed by atoms with van der Waals surface area (Å²) in [4.78, 5) is 25.2. The molecule has 3 aromatic heterocycles. The molecule has 0 aliphatic heterocycles. The van der Waals surface area contributed by atoms with Gasteiger partial charge in [-0.15, -0.1) is 10.2 Å². The molecular formula is C23H17N5O4. The van der Waals surface area contributed by atoms with Gasteiger partial charge in [0.05, 0.1) is 12.3 Å². The van der Waals surface area contributed by atoms with Crippen LogP contribution in [0.2, 0.25) is 0 Å². The van der Waals surface area contributed by atoms with Crippen LogP contribution in [-0.2, 0) is 0 Å². The van der Waals surface area contributed by atoms with E-state index in [-0.39, 0.29) is 5.56 Å². The first-order valence-corrected chi connectivity index (χ1v) is 9.91. The number of para-hydroxylation sites is 1. The maximum absolute atomic E-state index is 12.7. The Labute approximate surface area is 181 Å². The number of anilines is 1. The molecular weight excluding hydrogens is 410 g/mol. The van der Waals surface area contributed by atoms with Gasteiger partial charge < -0.3 is 14.5 Å². The van der Waals surface area contributed by atoms with Gasteiger partial charge in [0.2, 0.25) is 0 Å². The van der Waals surface area contributed by atoms with E-state index in [0.29, 0.717) is 34.7 Å². The van der Waals surface area contributed by atoms with Gasteiger partial charge in [0, 0.05) is 16.6 Å². The highest BCUT2D eigenvalue weighted by molar-refractivity contribution is 6.05. The molecule has 0 unspecified atom stereocenters. The summed E-state index contributed by atoms with van der Waals surface area (Å²) in [6.07, 6.45) is 1.53. The molecule has 0 spiro atoms. The van der Waals surface area contributed by atoms with Crippen LogP contribution >= 0.6 is 0 Å². The van der Waals surface area contributed by atoms with E-state index in [2.05, 4.69) is 20.6 Å². The molecule has 9 heteroatoms. The molecule has 0 aliphatic rings. The third-order valence-electron chi connectivity index (χ3n) is 4.87. The molecule has 158 valence electrons. The van der Waals surface area contributed by atoms with Crippen molar-refractivity contribution in [2.24, 2.45) is 0 Å². The zero-order chi connectivity index (χ0) is 22.1. The van der Waals surface area contributed by atoms with Gasteiger partial charge in [-0.1, -0.05) is 24.3 Å². The molecule has 32 heavy (non-hydrogen) atoms. The SMILES string of the molecule is CCOc1cccc2cc(C(=O)Nc3ccc(-c4ccc5nncn5n4)cc3)c(=O)oc12. The molecule has 9 nitrogen and oxygen atoms in total. The van der Waals surface area contributed by atoms with Crippen molar-refractivity contribution in [3.63, 3.8) is 0 Å². The van der Waals surface area contributed by atoms with E-state index >= 15 is 0 Å². The predicted molar refractivity (Wildman–Crippen MR) is 118 cm³/mol. The normalized spacial score (nSPS) is 11.0. The third kappa shape index (κ3) is 3.56. The average Bonchev–Trinajstić information content (AvgIpc) is 3.28. The van der Waals surface area contributed by atoms with E-state index in [9.17, 15) is 9.59 Å². The van der Waals surface area contributed by atoms with Crippen molar-refractivity contribution in [3.8, 4) is 17.0 Å². The van der Waals surface area contributed by atoms with Crippen LogP contribution in [0.25, 0.3) is 27.9 Å². The number of rotatable bonds is 5. The molecule has 0 bridgehead atoms. The van der Waals surface area contributed by atoms with E-state index in [1.165, 1.54) is 12.4 Å². The lowest BCUT2D eigenvalue weighted by molar-refractivity contribution is 0.102. The minimum Gasteiger partial charge on any atom is -0.490 e. The lowest BCUT2D eigenvalue weighted by atomic mass is 10.1. The fourth-order valence-electron chi connectivity index (χ4n) is 3.35. The number of hydrogen-bond acceptors (Lipinski definition) is 7. The molecule has 0 saturated carbocycles. The number of ether oxygens (including phenoxy) is 1. The van der Waals surface area contributed by atoms with Crippen LogP contribution in [0.1, 0.15) is 17.3 Å². The lowest BCUT2D eigenvalue weighted by Crippen LogP contribution is -2.20. The Kier molecular flexibility index (Phi) is 4.83. The zero-order valence-electron chi connectivity index (χ0n) is 17.0. The van der Waals surface area contributed by atoms with Crippen molar-refractivity contribution >= 4 is 28.2 Å². The lowest BCUT2D eigenvalue weighted by Gasteiger charge is -2.08. The summed E-state index contributed by atoms with van der Waals surface area (Å²) >= 11 is 0. The van der Waals surface area contributed by atoms with E-state index in [4.69, 9.17) is 9.15 Å². The van der Waals surface area contributed by atoms with Gasteiger partial charge in [0.1, 0.15) is 11.9 Å². The Balaban J connectivity index is 1.39. The second-order valence-electron chi connectivity index (χ2n) is 6.94. The number of benzene rings is 2. The monoisotopic (exact) mass is 427 g/mol. The number of carbonyl (C=O) groups is 1. The zero-order valence-corrected chi connectivity index (χ0v) is 17.0. The van der Waals surface area contributed by atoms with E-state index < -0.39 is 11.5 Å². The maximum Gasteiger partial charge on any atom is 0.349 e. The number of nitrogens with one attached hydrogen (secondary N) is 1. The molecule has 0 fully saturated rings. The highest BCUT2D eigenvalue weighted by atomic mass is 16.5.